The summed E-state index contributed by atoms with van der Waals surface area (Å²) < 4.78 is 4.25. The van der Waals surface area contributed by atoms with E-state index in [4.69, 9.17) is 0 Å². The molecule has 186 valence electrons. The molecule has 0 spiro atoms. The second-order valence-corrected chi connectivity index (χ2v) is 8.85. The van der Waals surface area contributed by atoms with Gasteiger partial charge in [0.2, 0.25) is 0 Å². The van der Waals surface area contributed by atoms with E-state index in [1.54, 1.807) is 14.2 Å². The van der Waals surface area contributed by atoms with Crippen molar-refractivity contribution >= 4 is 5.69 Å². The van der Waals surface area contributed by atoms with Gasteiger partial charge in [0, 0.05) is 19.8 Å². The predicted molar refractivity (Wildman–Crippen MR) is 133 cm³/mol. The number of aromatic hydroxyl groups is 2. The molecule has 0 radical (unpaired) electrons. The van der Waals surface area contributed by atoms with Gasteiger partial charge in [0.15, 0.2) is 5.75 Å². The Balaban J connectivity index is 0.00000302. The quantitative estimate of drug-likeness (QED) is 0.107. The molecule has 1 atom stereocenters. The summed E-state index contributed by atoms with van der Waals surface area (Å²) in [6.07, 6.45) is 19.4. The van der Waals surface area contributed by atoms with Crippen LogP contribution < -0.4 is 0 Å². The van der Waals surface area contributed by atoms with Gasteiger partial charge >= 0.3 is 5.69 Å². The summed E-state index contributed by atoms with van der Waals surface area (Å²) in [7, 11) is 3.25. The lowest BCUT2D eigenvalue weighted by molar-refractivity contribution is -0.386. The fourth-order valence-electron chi connectivity index (χ4n) is 3.92. The summed E-state index contributed by atoms with van der Waals surface area (Å²) in [6, 6.07) is 2.38. The van der Waals surface area contributed by atoms with E-state index in [0.717, 1.165) is 18.9 Å². The van der Waals surface area contributed by atoms with E-state index < -0.39 is 10.6 Å². The van der Waals surface area contributed by atoms with Crippen molar-refractivity contribution in [1.82, 2.24) is 0 Å². The molecule has 2 N–H and O–H groups in total. The molecule has 0 fully saturated rings. The van der Waals surface area contributed by atoms with Crippen LogP contribution in [0, 0.1) is 10.1 Å². The lowest BCUT2D eigenvalue weighted by atomic mass is 9.93. The molecule has 1 aromatic carbocycles. The Morgan fingerprint density at radius 2 is 1.22 bits per heavy atom. The standard InChI is InChI=1S/C24H41NO4.C2H6O/c1-3-4-5-6-7-8-9-10-11-12-13-14-15-16-17-20(2)21-18-24(27)22(25(28)29)19-23(21)26;1-3-2/h18-20,26-27H,3-17H2,1-2H3;1-2H3. The normalized spacial score (nSPS) is 11.6. The first-order valence-electron chi connectivity index (χ1n) is 12.5. The molecule has 0 aliphatic rings. The van der Waals surface area contributed by atoms with E-state index in [2.05, 4.69) is 11.7 Å². The Hall–Kier alpha value is -1.82. The highest BCUT2D eigenvalue weighted by molar-refractivity contribution is 5.54. The topological polar surface area (TPSA) is 92.8 Å². The van der Waals surface area contributed by atoms with Crippen LogP contribution in [0.15, 0.2) is 12.1 Å². The summed E-state index contributed by atoms with van der Waals surface area (Å²) >= 11 is 0. The Bertz CT molecular complexity index is 606. The van der Waals surface area contributed by atoms with Crippen LogP contribution in [0.5, 0.6) is 11.5 Å². The molecule has 0 heterocycles. The van der Waals surface area contributed by atoms with E-state index >= 15 is 0 Å². The number of ether oxygens (including phenoxy) is 1. The third-order valence-electron chi connectivity index (χ3n) is 5.84. The van der Waals surface area contributed by atoms with Crippen LogP contribution in [0.2, 0.25) is 0 Å². The number of unbranched alkanes of at least 4 members (excludes halogenated alkanes) is 13. The third-order valence-corrected chi connectivity index (χ3v) is 5.84. The second kappa shape index (κ2) is 19.8. The molecule has 32 heavy (non-hydrogen) atoms. The minimum absolute atomic E-state index is 0.0685. The third kappa shape index (κ3) is 14.3. The first kappa shape index (κ1) is 30.2. The Morgan fingerprint density at radius 3 is 1.62 bits per heavy atom. The van der Waals surface area contributed by atoms with Crippen LogP contribution in [-0.2, 0) is 4.74 Å². The van der Waals surface area contributed by atoms with E-state index in [9.17, 15) is 20.3 Å². The van der Waals surface area contributed by atoms with Crippen LogP contribution in [-0.4, -0.2) is 29.4 Å². The van der Waals surface area contributed by atoms with Crippen molar-refractivity contribution in [2.45, 2.75) is 116 Å². The molecule has 0 bridgehead atoms. The van der Waals surface area contributed by atoms with Crippen molar-refractivity contribution in [3.05, 3.63) is 27.8 Å². The van der Waals surface area contributed by atoms with Crippen LogP contribution in [0.1, 0.15) is 122 Å². The minimum atomic E-state index is -0.683. The number of benzene rings is 1. The molecule has 0 amide bonds. The van der Waals surface area contributed by atoms with E-state index in [-0.39, 0.29) is 17.4 Å². The lowest BCUT2D eigenvalue weighted by Crippen LogP contribution is -1.97. The number of methoxy groups -OCH3 is 1. The van der Waals surface area contributed by atoms with Gasteiger partial charge in [0.05, 0.1) is 11.0 Å². The van der Waals surface area contributed by atoms with Crippen LogP contribution in [0.4, 0.5) is 5.69 Å². The number of phenols is 2. The fraction of sp³-hybridized carbons (Fsp3) is 0.769. The molecule has 6 heteroatoms. The van der Waals surface area contributed by atoms with Crippen molar-refractivity contribution in [2.75, 3.05) is 14.2 Å². The van der Waals surface area contributed by atoms with Crippen molar-refractivity contribution in [3.63, 3.8) is 0 Å². The van der Waals surface area contributed by atoms with Crippen molar-refractivity contribution < 1.29 is 19.9 Å². The Morgan fingerprint density at radius 1 is 0.812 bits per heavy atom. The van der Waals surface area contributed by atoms with Gasteiger partial charge in [-0.05, 0) is 18.4 Å². The fourth-order valence-corrected chi connectivity index (χ4v) is 3.92. The maximum atomic E-state index is 10.8. The molecule has 0 aliphatic heterocycles. The smallest absolute Gasteiger partial charge is 0.314 e. The molecule has 1 aromatic rings. The van der Waals surface area contributed by atoms with Crippen molar-refractivity contribution in [3.8, 4) is 11.5 Å². The SMILES string of the molecule is CCCCCCCCCCCCCCCCC(C)c1cc(O)c([N+](=O)[O-])cc1O.COC. The summed E-state index contributed by atoms with van der Waals surface area (Å²) in [6.45, 7) is 4.25. The number of phenolic OH excluding ortho intramolecular Hbond substituents is 2. The molecule has 0 saturated carbocycles. The number of hydrogen-bond donors (Lipinski definition) is 2. The summed E-state index contributed by atoms with van der Waals surface area (Å²) in [5.41, 5.74) is 0.137. The summed E-state index contributed by atoms with van der Waals surface area (Å²) in [5, 5.41) is 30.6. The van der Waals surface area contributed by atoms with E-state index in [1.165, 1.54) is 89.5 Å². The predicted octanol–water partition coefficient (Wildman–Crippen LogP) is 8.24. The Kier molecular flexibility index (Phi) is 18.7. The first-order chi connectivity index (χ1) is 15.4. The molecule has 1 rings (SSSR count). The van der Waals surface area contributed by atoms with Gasteiger partial charge in [-0.1, -0.05) is 104 Å². The zero-order valence-electron chi connectivity index (χ0n) is 20.9. The van der Waals surface area contributed by atoms with Gasteiger partial charge in [0.25, 0.3) is 0 Å². The van der Waals surface area contributed by atoms with E-state index in [1.807, 2.05) is 6.92 Å². The molecule has 1 unspecified atom stereocenters. The molecule has 0 aromatic heterocycles. The van der Waals surface area contributed by atoms with Gasteiger partial charge in [-0.15, -0.1) is 0 Å². The summed E-state index contributed by atoms with van der Waals surface area (Å²) in [5.74, 6) is -0.415. The molecular formula is C26H47NO5. The first-order valence-corrected chi connectivity index (χ1v) is 12.5. The van der Waals surface area contributed by atoms with Gasteiger partial charge in [-0.3, -0.25) is 10.1 Å². The number of rotatable bonds is 17. The average molecular weight is 454 g/mol. The monoisotopic (exact) mass is 453 g/mol. The highest BCUT2D eigenvalue weighted by Gasteiger charge is 2.20. The van der Waals surface area contributed by atoms with Gasteiger partial charge in [0.1, 0.15) is 5.75 Å². The van der Waals surface area contributed by atoms with Crippen LogP contribution >= 0.6 is 0 Å². The second-order valence-electron chi connectivity index (χ2n) is 8.85. The zero-order valence-corrected chi connectivity index (χ0v) is 20.9. The number of nitro groups is 1. The molecular weight excluding hydrogens is 406 g/mol. The van der Waals surface area contributed by atoms with Gasteiger partial charge in [-0.2, -0.15) is 0 Å². The number of nitro benzene ring substituents is 1. The summed E-state index contributed by atoms with van der Waals surface area (Å²) in [4.78, 5) is 10.1. The van der Waals surface area contributed by atoms with Crippen molar-refractivity contribution in [2.24, 2.45) is 0 Å². The van der Waals surface area contributed by atoms with Crippen LogP contribution in [0.3, 0.4) is 0 Å². The molecule has 0 aliphatic carbocycles. The highest BCUT2D eigenvalue weighted by atomic mass is 16.6. The lowest BCUT2D eigenvalue weighted by Gasteiger charge is -2.14. The average Bonchev–Trinajstić information content (AvgIpc) is 2.75. The van der Waals surface area contributed by atoms with E-state index in [0.29, 0.717) is 5.56 Å². The largest absolute Gasteiger partial charge is 0.507 e. The van der Waals surface area contributed by atoms with Crippen molar-refractivity contribution in [1.29, 1.82) is 0 Å². The Labute approximate surface area is 195 Å². The maximum Gasteiger partial charge on any atom is 0.314 e. The molecule has 0 saturated heterocycles. The van der Waals surface area contributed by atoms with Crippen LogP contribution in [0.25, 0.3) is 0 Å². The number of nitrogens with zero attached hydrogens (tertiary/aromatic N) is 1. The maximum absolute atomic E-state index is 10.8. The van der Waals surface area contributed by atoms with Gasteiger partial charge < -0.3 is 14.9 Å². The van der Waals surface area contributed by atoms with Gasteiger partial charge in [-0.25, -0.2) is 0 Å². The minimum Gasteiger partial charge on any atom is -0.507 e. The molecule has 6 nitrogen and oxygen atoms in total. The zero-order chi connectivity index (χ0) is 24.2. The highest BCUT2D eigenvalue weighted by Crippen LogP contribution is 2.38. The number of hydrogen-bond acceptors (Lipinski definition) is 5.